The Morgan fingerprint density at radius 2 is 1.74 bits per heavy atom. The zero-order chi connectivity index (χ0) is 19.5. The van der Waals surface area contributed by atoms with Crippen LogP contribution in [0, 0.1) is 11.3 Å². The van der Waals surface area contributed by atoms with Crippen LogP contribution in [-0.4, -0.2) is 25.5 Å². The maximum absolute atomic E-state index is 12.2. The van der Waals surface area contributed by atoms with E-state index in [1.165, 1.54) is 5.56 Å². The van der Waals surface area contributed by atoms with Gasteiger partial charge in [0.15, 0.2) is 0 Å². The van der Waals surface area contributed by atoms with Crippen LogP contribution in [0.25, 0.3) is 6.08 Å². The van der Waals surface area contributed by atoms with E-state index < -0.39 is 0 Å². The Morgan fingerprint density at radius 3 is 2.33 bits per heavy atom. The molecule has 0 aromatic heterocycles. The summed E-state index contributed by atoms with van der Waals surface area (Å²) in [5, 5.41) is 12.2. The quantitative estimate of drug-likeness (QED) is 0.414. The van der Waals surface area contributed by atoms with Crippen LogP contribution in [-0.2, 0) is 11.2 Å². The summed E-state index contributed by atoms with van der Waals surface area (Å²) in [6.45, 7) is 6.68. The molecule has 1 amide bonds. The highest BCUT2D eigenvalue weighted by Crippen LogP contribution is 2.16. The molecule has 0 spiro atoms. The summed E-state index contributed by atoms with van der Waals surface area (Å²) in [4.78, 5) is 14.5. The fourth-order valence-electron chi connectivity index (χ4n) is 2.92. The summed E-state index contributed by atoms with van der Waals surface area (Å²) in [6, 6.07) is 20.1. The Bertz CT molecular complexity index is 785. The highest BCUT2D eigenvalue weighted by atomic mass is 16.1. The third-order valence-corrected chi connectivity index (χ3v) is 4.47. The number of nitrogens with one attached hydrogen (secondary N) is 1. The Hall–Kier alpha value is -3.06. The van der Waals surface area contributed by atoms with E-state index in [0.29, 0.717) is 6.54 Å². The molecule has 2 aromatic rings. The van der Waals surface area contributed by atoms with Crippen molar-refractivity contribution in [3.05, 3.63) is 71.3 Å². The van der Waals surface area contributed by atoms with Gasteiger partial charge < -0.3 is 10.2 Å². The van der Waals surface area contributed by atoms with Crippen LogP contribution in [0.1, 0.15) is 31.4 Å². The predicted molar refractivity (Wildman–Crippen MR) is 111 cm³/mol. The van der Waals surface area contributed by atoms with Crippen molar-refractivity contribution in [3.8, 4) is 6.07 Å². The fourth-order valence-corrected chi connectivity index (χ4v) is 2.92. The number of carbonyl (C=O) groups excluding carboxylic acids is 1. The first kappa shape index (κ1) is 20.3. The molecule has 0 aliphatic heterocycles. The molecule has 0 unspecified atom stereocenters. The summed E-state index contributed by atoms with van der Waals surface area (Å²) in [6.07, 6.45) is 3.38. The molecule has 140 valence electrons. The van der Waals surface area contributed by atoms with Crippen LogP contribution >= 0.6 is 0 Å². The van der Waals surface area contributed by atoms with E-state index >= 15 is 0 Å². The lowest BCUT2D eigenvalue weighted by atomic mass is 10.1. The zero-order valence-electron chi connectivity index (χ0n) is 16.1. The van der Waals surface area contributed by atoms with Gasteiger partial charge in [0.2, 0.25) is 0 Å². The van der Waals surface area contributed by atoms with Crippen molar-refractivity contribution in [2.75, 3.05) is 24.5 Å². The van der Waals surface area contributed by atoms with Gasteiger partial charge in [0.1, 0.15) is 11.6 Å². The van der Waals surface area contributed by atoms with Crippen LogP contribution in [0.3, 0.4) is 0 Å². The number of nitriles is 1. The summed E-state index contributed by atoms with van der Waals surface area (Å²) < 4.78 is 0. The molecule has 0 saturated carbocycles. The molecule has 0 heterocycles. The minimum atomic E-state index is -0.321. The van der Waals surface area contributed by atoms with Gasteiger partial charge in [0, 0.05) is 25.3 Å². The lowest BCUT2D eigenvalue weighted by Crippen LogP contribution is -2.25. The average Bonchev–Trinajstić information content (AvgIpc) is 2.72. The van der Waals surface area contributed by atoms with Crippen LogP contribution in [0.4, 0.5) is 5.69 Å². The van der Waals surface area contributed by atoms with E-state index in [1.54, 1.807) is 6.08 Å². The molecule has 2 rings (SSSR count). The maximum atomic E-state index is 12.2. The normalized spacial score (nSPS) is 10.9. The van der Waals surface area contributed by atoms with E-state index in [2.05, 4.69) is 36.2 Å². The number of nitrogens with zero attached hydrogens (tertiary/aromatic N) is 2. The Kier molecular flexibility index (Phi) is 8.12. The molecule has 0 aliphatic rings. The van der Waals surface area contributed by atoms with Gasteiger partial charge in [0.05, 0.1) is 0 Å². The smallest absolute Gasteiger partial charge is 0.261 e. The molecule has 0 atom stereocenters. The van der Waals surface area contributed by atoms with Crippen LogP contribution < -0.4 is 10.2 Å². The van der Waals surface area contributed by atoms with E-state index in [1.807, 2.05) is 48.5 Å². The van der Waals surface area contributed by atoms with Gasteiger partial charge in [-0.3, -0.25) is 4.79 Å². The van der Waals surface area contributed by atoms with Gasteiger partial charge in [-0.15, -0.1) is 0 Å². The van der Waals surface area contributed by atoms with Crippen molar-refractivity contribution in [1.29, 1.82) is 5.26 Å². The highest BCUT2D eigenvalue weighted by Gasteiger charge is 2.08. The van der Waals surface area contributed by atoms with Gasteiger partial charge >= 0.3 is 0 Å². The fraction of sp³-hybridized carbons (Fsp3) is 0.304. The van der Waals surface area contributed by atoms with Crippen molar-refractivity contribution in [1.82, 2.24) is 5.32 Å². The van der Waals surface area contributed by atoms with Crippen LogP contribution in [0.15, 0.2) is 60.2 Å². The first-order valence-electron chi connectivity index (χ1n) is 9.46. The van der Waals surface area contributed by atoms with Crippen molar-refractivity contribution in [3.63, 3.8) is 0 Å². The Balaban J connectivity index is 1.90. The van der Waals surface area contributed by atoms with E-state index in [0.717, 1.165) is 37.2 Å². The number of hydrogen-bond donors (Lipinski definition) is 1. The largest absolute Gasteiger partial charge is 0.372 e. The van der Waals surface area contributed by atoms with Crippen molar-refractivity contribution < 1.29 is 4.79 Å². The first-order chi connectivity index (χ1) is 13.2. The standard InChI is InChI=1S/C23H27N3O/c1-3-26(4-2)22-14-12-20(13-15-22)17-21(18-24)23(27)25-16-8-11-19-9-6-5-7-10-19/h5-7,9-10,12-15,17H,3-4,8,11,16H2,1-2H3,(H,25,27)/b21-17-. The summed E-state index contributed by atoms with van der Waals surface area (Å²) in [5.74, 6) is -0.321. The van der Waals surface area contributed by atoms with Crippen molar-refractivity contribution >= 4 is 17.7 Å². The molecule has 27 heavy (non-hydrogen) atoms. The molecular formula is C23H27N3O. The van der Waals surface area contributed by atoms with Gasteiger partial charge in [-0.25, -0.2) is 0 Å². The van der Waals surface area contributed by atoms with Crippen molar-refractivity contribution in [2.45, 2.75) is 26.7 Å². The van der Waals surface area contributed by atoms with Crippen molar-refractivity contribution in [2.24, 2.45) is 0 Å². The summed E-state index contributed by atoms with van der Waals surface area (Å²) in [7, 11) is 0. The second-order valence-corrected chi connectivity index (χ2v) is 6.28. The minimum Gasteiger partial charge on any atom is -0.372 e. The number of anilines is 1. The third-order valence-electron chi connectivity index (χ3n) is 4.47. The van der Waals surface area contributed by atoms with E-state index in [9.17, 15) is 10.1 Å². The second kappa shape index (κ2) is 10.8. The molecule has 0 fully saturated rings. The lowest BCUT2D eigenvalue weighted by Gasteiger charge is -2.20. The summed E-state index contributed by atoms with van der Waals surface area (Å²) >= 11 is 0. The van der Waals surface area contributed by atoms with E-state index in [-0.39, 0.29) is 11.5 Å². The molecular weight excluding hydrogens is 334 g/mol. The molecule has 0 aliphatic carbocycles. The van der Waals surface area contributed by atoms with Gasteiger partial charge in [0.25, 0.3) is 5.91 Å². The zero-order valence-corrected chi connectivity index (χ0v) is 16.1. The number of carbonyl (C=O) groups is 1. The second-order valence-electron chi connectivity index (χ2n) is 6.28. The Morgan fingerprint density at radius 1 is 1.07 bits per heavy atom. The number of benzene rings is 2. The molecule has 2 aromatic carbocycles. The minimum absolute atomic E-state index is 0.130. The molecule has 1 N–H and O–H groups in total. The monoisotopic (exact) mass is 361 g/mol. The number of amides is 1. The predicted octanol–water partition coefficient (Wildman–Crippen LogP) is 4.19. The van der Waals surface area contributed by atoms with E-state index in [4.69, 9.17) is 0 Å². The summed E-state index contributed by atoms with van der Waals surface area (Å²) in [5.41, 5.74) is 3.37. The van der Waals surface area contributed by atoms with Gasteiger partial charge in [-0.05, 0) is 56.0 Å². The first-order valence-corrected chi connectivity index (χ1v) is 9.46. The topological polar surface area (TPSA) is 56.1 Å². The number of hydrogen-bond acceptors (Lipinski definition) is 3. The van der Waals surface area contributed by atoms with Crippen LogP contribution in [0.2, 0.25) is 0 Å². The molecule has 0 radical (unpaired) electrons. The lowest BCUT2D eigenvalue weighted by molar-refractivity contribution is -0.117. The molecule has 0 saturated heterocycles. The van der Waals surface area contributed by atoms with Gasteiger partial charge in [-0.1, -0.05) is 42.5 Å². The average molecular weight is 361 g/mol. The molecule has 0 bridgehead atoms. The number of rotatable bonds is 9. The maximum Gasteiger partial charge on any atom is 0.261 e. The SMILES string of the molecule is CCN(CC)c1ccc(/C=C(/C#N)C(=O)NCCCc2ccccc2)cc1. The van der Waals surface area contributed by atoms with Crippen LogP contribution in [0.5, 0.6) is 0 Å². The molecule has 4 nitrogen and oxygen atoms in total. The van der Waals surface area contributed by atoms with Gasteiger partial charge in [-0.2, -0.15) is 5.26 Å². The highest BCUT2D eigenvalue weighted by molar-refractivity contribution is 6.01. The molecule has 4 heteroatoms. The third kappa shape index (κ3) is 6.31. The number of aryl methyl sites for hydroxylation is 1. The Labute approximate surface area is 162 Å².